The van der Waals surface area contributed by atoms with Gasteiger partial charge in [0.25, 0.3) is 0 Å². The van der Waals surface area contributed by atoms with Gasteiger partial charge in [0.05, 0.1) is 29.5 Å². The van der Waals surface area contributed by atoms with Crippen molar-refractivity contribution in [2.75, 3.05) is 13.1 Å². The van der Waals surface area contributed by atoms with Crippen molar-refractivity contribution in [2.45, 2.75) is 25.8 Å². The molecule has 1 fully saturated rings. The Bertz CT molecular complexity index is 520. The third-order valence-corrected chi connectivity index (χ3v) is 3.34. The largest absolute Gasteiger partial charge is 0.253 e. The zero-order chi connectivity index (χ0) is 12.2. The summed E-state index contributed by atoms with van der Waals surface area (Å²) in [5.74, 6) is 0. The van der Waals surface area contributed by atoms with E-state index in [1.165, 1.54) is 19.3 Å². The Morgan fingerprint density at radius 2 is 1.83 bits per heavy atom. The van der Waals surface area contributed by atoms with Crippen molar-refractivity contribution in [2.24, 2.45) is 0 Å². The van der Waals surface area contributed by atoms with Gasteiger partial charge in [0.2, 0.25) is 0 Å². The first-order valence-electron chi connectivity index (χ1n) is 6.61. The molecule has 1 aromatic heterocycles. The molecule has 18 heavy (non-hydrogen) atoms. The molecule has 0 bridgehead atoms. The van der Waals surface area contributed by atoms with E-state index in [2.05, 4.69) is 20.4 Å². The average molecular weight is 242 g/mol. The molecule has 1 aliphatic rings. The summed E-state index contributed by atoms with van der Waals surface area (Å²) in [6.45, 7) is 3.04. The van der Waals surface area contributed by atoms with E-state index in [4.69, 9.17) is 0 Å². The summed E-state index contributed by atoms with van der Waals surface area (Å²) in [5.41, 5.74) is 6.36. The van der Waals surface area contributed by atoms with Crippen molar-refractivity contribution >= 4 is 11.0 Å². The number of piperidine rings is 1. The van der Waals surface area contributed by atoms with E-state index in [1.807, 2.05) is 30.5 Å². The second kappa shape index (κ2) is 5.42. The van der Waals surface area contributed by atoms with Gasteiger partial charge >= 0.3 is 0 Å². The molecule has 0 radical (unpaired) electrons. The summed E-state index contributed by atoms with van der Waals surface area (Å²) in [4.78, 5) is 9.03. The molecule has 94 valence electrons. The van der Waals surface area contributed by atoms with E-state index in [0.29, 0.717) is 0 Å². The van der Waals surface area contributed by atoms with Crippen molar-refractivity contribution < 1.29 is 0 Å². The highest BCUT2D eigenvalue weighted by Crippen LogP contribution is 2.09. The van der Waals surface area contributed by atoms with Crippen LogP contribution in [0.4, 0.5) is 0 Å². The number of nitrogens with one attached hydrogen (secondary N) is 1. The van der Waals surface area contributed by atoms with Gasteiger partial charge in [-0.25, -0.2) is 15.4 Å². The smallest absolute Gasteiger partial charge is 0.0890 e. The highest BCUT2D eigenvalue weighted by molar-refractivity contribution is 5.73. The monoisotopic (exact) mass is 242 g/mol. The molecule has 0 spiro atoms. The molecule has 0 amide bonds. The molecule has 3 rings (SSSR count). The third-order valence-electron chi connectivity index (χ3n) is 3.34. The minimum absolute atomic E-state index is 0.762. The Balaban J connectivity index is 1.66. The first-order chi connectivity index (χ1) is 8.92. The Morgan fingerprint density at radius 3 is 2.67 bits per heavy atom. The highest BCUT2D eigenvalue weighted by atomic mass is 15.5. The van der Waals surface area contributed by atoms with Crippen LogP contribution in [-0.2, 0) is 6.54 Å². The molecular weight excluding hydrogens is 224 g/mol. The number of nitrogens with zero attached hydrogens (tertiary/aromatic N) is 3. The van der Waals surface area contributed by atoms with Gasteiger partial charge < -0.3 is 0 Å². The van der Waals surface area contributed by atoms with Crippen LogP contribution in [0.2, 0.25) is 0 Å². The van der Waals surface area contributed by atoms with Gasteiger partial charge in [-0.1, -0.05) is 18.6 Å². The number of hydrogen-bond donors (Lipinski definition) is 1. The van der Waals surface area contributed by atoms with Gasteiger partial charge in [0, 0.05) is 13.1 Å². The lowest BCUT2D eigenvalue weighted by Gasteiger charge is -2.26. The summed E-state index contributed by atoms with van der Waals surface area (Å²) in [7, 11) is 0. The summed E-state index contributed by atoms with van der Waals surface area (Å²) in [5, 5.41) is 2.29. The van der Waals surface area contributed by atoms with E-state index in [-0.39, 0.29) is 0 Å². The van der Waals surface area contributed by atoms with Gasteiger partial charge in [0.1, 0.15) is 0 Å². The maximum Gasteiger partial charge on any atom is 0.0890 e. The molecule has 1 aliphatic heterocycles. The van der Waals surface area contributed by atoms with Crippen LogP contribution in [0, 0.1) is 0 Å². The molecule has 1 saturated heterocycles. The average Bonchev–Trinajstić information content (AvgIpc) is 2.46. The lowest BCUT2D eigenvalue weighted by Crippen LogP contribution is -2.41. The number of aromatic nitrogens is 2. The molecule has 0 atom stereocenters. The number of hydrogen-bond acceptors (Lipinski definition) is 4. The molecule has 1 aromatic carbocycles. The number of rotatable bonds is 3. The molecule has 2 heterocycles. The number of benzene rings is 1. The summed E-state index contributed by atoms with van der Waals surface area (Å²) < 4.78 is 0. The minimum atomic E-state index is 0.762. The van der Waals surface area contributed by atoms with Gasteiger partial charge in [-0.2, -0.15) is 0 Å². The zero-order valence-corrected chi connectivity index (χ0v) is 10.5. The van der Waals surface area contributed by atoms with Gasteiger partial charge in [0.15, 0.2) is 0 Å². The van der Waals surface area contributed by atoms with E-state index in [0.717, 1.165) is 36.4 Å². The zero-order valence-electron chi connectivity index (χ0n) is 10.5. The molecule has 0 saturated carbocycles. The Hall–Kier alpha value is -1.52. The highest BCUT2D eigenvalue weighted by Gasteiger charge is 2.09. The number of fused-ring (bicyclic) bond motifs is 1. The molecule has 0 aliphatic carbocycles. The maximum absolute atomic E-state index is 4.61. The standard InChI is InChI=1S/C14H18N4/c1-4-8-18(9-5-1)16-11-12-10-15-13-6-2-3-7-14(13)17-12/h2-3,6-7,10,16H,1,4-5,8-9,11H2. The Morgan fingerprint density at radius 1 is 1.06 bits per heavy atom. The quantitative estimate of drug-likeness (QED) is 0.895. The predicted molar refractivity (Wildman–Crippen MR) is 71.8 cm³/mol. The molecule has 1 N–H and O–H groups in total. The third kappa shape index (κ3) is 2.66. The van der Waals surface area contributed by atoms with E-state index in [1.54, 1.807) is 0 Å². The van der Waals surface area contributed by atoms with Crippen LogP contribution in [0.15, 0.2) is 30.5 Å². The normalized spacial score (nSPS) is 17.1. The number of para-hydroxylation sites is 2. The van der Waals surface area contributed by atoms with Crippen LogP contribution in [-0.4, -0.2) is 28.1 Å². The van der Waals surface area contributed by atoms with E-state index < -0.39 is 0 Å². The lowest BCUT2D eigenvalue weighted by molar-refractivity contribution is 0.150. The summed E-state index contributed by atoms with van der Waals surface area (Å²) in [6, 6.07) is 7.98. The van der Waals surface area contributed by atoms with Crippen molar-refractivity contribution in [3.63, 3.8) is 0 Å². The first kappa shape index (κ1) is 11.6. The van der Waals surface area contributed by atoms with Crippen LogP contribution in [0.5, 0.6) is 0 Å². The maximum atomic E-state index is 4.61. The second-order valence-corrected chi connectivity index (χ2v) is 4.73. The molecule has 2 aromatic rings. The van der Waals surface area contributed by atoms with Crippen LogP contribution in [0.1, 0.15) is 25.0 Å². The van der Waals surface area contributed by atoms with Crippen molar-refractivity contribution in [1.82, 2.24) is 20.4 Å². The lowest BCUT2D eigenvalue weighted by atomic mass is 10.2. The predicted octanol–water partition coefficient (Wildman–Crippen LogP) is 2.12. The fourth-order valence-corrected chi connectivity index (χ4v) is 2.33. The van der Waals surface area contributed by atoms with Crippen LogP contribution < -0.4 is 5.43 Å². The SMILES string of the molecule is c1ccc2nc(CNN3CCCCC3)cnc2c1. The first-order valence-corrected chi connectivity index (χ1v) is 6.61. The van der Waals surface area contributed by atoms with Crippen LogP contribution in [0.3, 0.4) is 0 Å². The molecular formula is C14H18N4. The number of hydrazine groups is 1. The van der Waals surface area contributed by atoms with Crippen molar-refractivity contribution in [3.8, 4) is 0 Å². The Labute approximate surface area is 107 Å². The fourth-order valence-electron chi connectivity index (χ4n) is 2.33. The minimum Gasteiger partial charge on any atom is -0.253 e. The topological polar surface area (TPSA) is 41.1 Å². The van der Waals surface area contributed by atoms with Crippen molar-refractivity contribution in [3.05, 3.63) is 36.2 Å². The fraction of sp³-hybridized carbons (Fsp3) is 0.429. The summed E-state index contributed by atoms with van der Waals surface area (Å²) in [6.07, 6.45) is 5.79. The van der Waals surface area contributed by atoms with Crippen LogP contribution in [0.25, 0.3) is 11.0 Å². The van der Waals surface area contributed by atoms with Crippen LogP contribution >= 0.6 is 0 Å². The molecule has 4 heteroatoms. The molecule has 0 unspecified atom stereocenters. The van der Waals surface area contributed by atoms with Gasteiger partial charge in [-0.15, -0.1) is 0 Å². The second-order valence-electron chi connectivity index (χ2n) is 4.73. The molecule has 4 nitrogen and oxygen atoms in total. The van der Waals surface area contributed by atoms with E-state index >= 15 is 0 Å². The summed E-state index contributed by atoms with van der Waals surface area (Å²) >= 11 is 0. The van der Waals surface area contributed by atoms with Gasteiger partial charge in [-0.05, 0) is 25.0 Å². The van der Waals surface area contributed by atoms with Gasteiger partial charge in [-0.3, -0.25) is 4.98 Å². The Kier molecular flexibility index (Phi) is 3.48. The van der Waals surface area contributed by atoms with Crippen molar-refractivity contribution in [1.29, 1.82) is 0 Å². The van der Waals surface area contributed by atoms with E-state index in [9.17, 15) is 0 Å².